The number of amides is 2. The highest BCUT2D eigenvalue weighted by Gasteiger charge is 2.39. The highest BCUT2D eigenvalue weighted by Crippen LogP contribution is 2.31. The Morgan fingerprint density at radius 2 is 1.80 bits per heavy atom. The molecule has 0 saturated carbocycles. The Morgan fingerprint density at radius 1 is 1.03 bits per heavy atom. The number of hydrogen-bond acceptors (Lipinski definition) is 5. The normalized spacial score (nSPS) is 20.3. The molecular weight excluding hydrogens is 446 g/mol. The van der Waals surface area contributed by atoms with E-state index in [1.54, 1.807) is 23.6 Å². The van der Waals surface area contributed by atoms with E-state index in [2.05, 4.69) is 5.10 Å². The molecule has 2 saturated heterocycles. The van der Waals surface area contributed by atoms with Gasteiger partial charge in [-0.2, -0.15) is 5.10 Å². The number of piperidine rings is 1. The summed E-state index contributed by atoms with van der Waals surface area (Å²) in [6.45, 7) is 1.47. The van der Waals surface area contributed by atoms with Crippen molar-refractivity contribution in [1.29, 1.82) is 0 Å². The van der Waals surface area contributed by atoms with E-state index in [0.29, 0.717) is 31.2 Å². The van der Waals surface area contributed by atoms with Crippen molar-refractivity contribution in [3.63, 3.8) is 0 Å². The summed E-state index contributed by atoms with van der Waals surface area (Å²) in [6.07, 6.45) is 1.85. The second-order valence-corrected chi connectivity index (χ2v) is 9.17. The summed E-state index contributed by atoms with van der Waals surface area (Å²) < 4.78 is 8.27. The van der Waals surface area contributed by atoms with Crippen LogP contribution in [0.15, 0.2) is 59.4 Å². The van der Waals surface area contributed by atoms with Crippen LogP contribution < -0.4 is 15.3 Å². The van der Waals surface area contributed by atoms with Crippen molar-refractivity contribution in [1.82, 2.24) is 19.2 Å². The molecule has 3 heterocycles. The average molecular weight is 476 g/mol. The molecule has 3 aromatic rings. The van der Waals surface area contributed by atoms with Gasteiger partial charge in [0, 0.05) is 50.8 Å². The molecule has 0 bridgehead atoms. The van der Waals surface area contributed by atoms with E-state index in [1.807, 2.05) is 59.5 Å². The number of benzene rings is 2. The Bertz CT molecular complexity index is 1300. The third-order valence-electron chi connectivity index (χ3n) is 6.90. The van der Waals surface area contributed by atoms with Crippen LogP contribution in [-0.4, -0.2) is 57.8 Å². The number of aromatic nitrogens is 3. The van der Waals surface area contributed by atoms with Crippen LogP contribution in [0.2, 0.25) is 0 Å². The number of para-hydroxylation sites is 1. The van der Waals surface area contributed by atoms with Gasteiger partial charge in [0.05, 0.1) is 18.7 Å². The van der Waals surface area contributed by atoms with E-state index in [0.717, 1.165) is 24.2 Å². The molecule has 9 heteroatoms. The van der Waals surface area contributed by atoms with Gasteiger partial charge in [-0.15, -0.1) is 0 Å². The number of carbonyl (C=O) groups is 2. The Kier molecular flexibility index (Phi) is 6.15. The maximum Gasteiger partial charge on any atom is 0.350 e. The minimum absolute atomic E-state index is 0.0158. The fourth-order valence-corrected chi connectivity index (χ4v) is 5.12. The van der Waals surface area contributed by atoms with Crippen molar-refractivity contribution in [2.45, 2.75) is 25.2 Å². The van der Waals surface area contributed by atoms with Gasteiger partial charge >= 0.3 is 5.69 Å². The lowest BCUT2D eigenvalue weighted by molar-refractivity contribution is -0.137. The zero-order valence-corrected chi connectivity index (χ0v) is 20.0. The van der Waals surface area contributed by atoms with Crippen LogP contribution in [0.3, 0.4) is 0 Å². The summed E-state index contributed by atoms with van der Waals surface area (Å²) in [7, 11) is 3.23. The molecule has 5 rings (SSSR count). The topological polar surface area (TPSA) is 89.7 Å². The van der Waals surface area contributed by atoms with Crippen molar-refractivity contribution in [3.05, 3.63) is 70.9 Å². The number of aryl methyl sites for hydroxylation is 1. The quantitative estimate of drug-likeness (QED) is 0.565. The van der Waals surface area contributed by atoms with Crippen molar-refractivity contribution in [2.24, 2.45) is 13.0 Å². The van der Waals surface area contributed by atoms with Crippen LogP contribution in [0.1, 0.15) is 31.0 Å². The lowest BCUT2D eigenvalue weighted by Gasteiger charge is -2.33. The fraction of sp³-hybridized carbons (Fsp3) is 0.385. The highest BCUT2D eigenvalue weighted by molar-refractivity contribution is 6.00. The van der Waals surface area contributed by atoms with Gasteiger partial charge in [0.1, 0.15) is 11.6 Å². The number of ether oxygens (including phenoxy) is 1. The fourth-order valence-electron chi connectivity index (χ4n) is 5.12. The molecule has 0 N–H and O–H groups in total. The molecule has 35 heavy (non-hydrogen) atoms. The number of carbonyl (C=O) groups excluding carboxylic acids is 2. The average Bonchev–Trinajstić information content (AvgIpc) is 3.43. The second-order valence-electron chi connectivity index (χ2n) is 9.17. The van der Waals surface area contributed by atoms with Gasteiger partial charge in [-0.3, -0.25) is 9.59 Å². The molecular formula is C26H29N5O4. The first-order chi connectivity index (χ1) is 17.0. The van der Waals surface area contributed by atoms with Crippen molar-refractivity contribution < 1.29 is 14.3 Å². The standard InChI is InChI=1S/C26H29N5O4/c1-28-26(34)31(20-9-4-3-5-10-20)24(27-28)18-8-7-13-29(16-18)25(33)19-14-23(32)30(17-19)21-11-6-12-22(15-21)35-2/h3-6,9-12,15,18-19H,7-8,13-14,16-17H2,1-2H3. The molecule has 0 radical (unpaired) electrons. The van der Waals surface area contributed by atoms with Crippen LogP contribution in [0, 0.1) is 5.92 Å². The van der Waals surface area contributed by atoms with Crippen LogP contribution in [0.25, 0.3) is 5.69 Å². The van der Waals surface area contributed by atoms with Gasteiger partial charge in [0.25, 0.3) is 0 Å². The van der Waals surface area contributed by atoms with E-state index in [-0.39, 0.29) is 29.8 Å². The zero-order chi connectivity index (χ0) is 24.5. The molecule has 2 aliphatic rings. The molecule has 2 aliphatic heterocycles. The Labute approximate surface area is 203 Å². The van der Waals surface area contributed by atoms with Gasteiger partial charge < -0.3 is 14.5 Å². The Hall–Kier alpha value is -3.88. The van der Waals surface area contributed by atoms with Gasteiger partial charge in [0.2, 0.25) is 11.8 Å². The predicted molar refractivity (Wildman–Crippen MR) is 131 cm³/mol. The van der Waals surface area contributed by atoms with Gasteiger partial charge in [-0.05, 0) is 37.1 Å². The lowest BCUT2D eigenvalue weighted by atomic mass is 9.95. The molecule has 2 aromatic carbocycles. The highest BCUT2D eigenvalue weighted by atomic mass is 16.5. The largest absolute Gasteiger partial charge is 0.497 e. The Balaban J connectivity index is 1.34. The van der Waals surface area contributed by atoms with Crippen LogP contribution in [0.5, 0.6) is 5.75 Å². The summed E-state index contributed by atoms with van der Waals surface area (Å²) >= 11 is 0. The number of nitrogens with zero attached hydrogens (tertiary/aromatic N) is 5. The van der Waals surface area contributed by atoms with Crippen LogP contribution in [0.4, 0.5) is 5.69 Å². The summed E-state index contributed by atoms with van der Waals surface area (Å²) in [5.74, 6) is 0.803. The molecule has 2 fully saturated rings. The third-order valence-corrected chi connectivity index (χ3v) is 6.90. The third kappa shape index (κ3) is 4.34. The zero-order valence-electron chi connectivity index (χ0n) is 20.0. The monoisotopic (exact) mass is 475 g/mol. The molecule has 9 nitrogen and oxygen atoms in total. The molecule has 182 valence electrons. The maximum atomic E-state index is 13.5. The molecule has 2 atom stereocenters. The molecule has 2 amide bonds. The van der Waals surface area contributed by atoms with E-state index in [9.17, 15) is 14.4 Å². The minimum Gasteiger partial charge on any atom is -0.497 e. The summed E-state index contributed by atoms with van der Waals surface area (Å²) in [4.78, 5) is 42.6. The number of anilines is 1. The van der Waals surface area contributed by atoms with Crippen LogP contribution in [-0.2, 0) is 16.6 Å². The summed E-state index contributed by atoms with van der Waals surface area (Å²) in [5.41, 5.74) is 1.30. The van der Waals surface area contributed by atoms with Crippen molar-refractivity contribution in [2.75, 3.05) is 31.6 Å². The summed E-state index contributed by atoms with van der Waals surface area (Å²) in [6, 6.07) is 16.8. The van der Waals surface area contributed by atoms with E-state index in [4.69, 9.17) is 4.74 Å². The molecule has 2 unspecified atom stereocenters. The molecule has 0 spiro atoms. The SMILES string of the molecule is COc1cccc(N2CC(C(=O)N3CCCC(c4nn(C)c(=O)n4-c4ccccc4)C3)CC2=O)c1. The van der Waals surface area contributed by atoms with E-state index in [1.165, 1.54) is 4.68 Å². The Morgan fingerprint density at radius 3 is 2.57 bits per heavy atom. The van der Waals surface area contributed by atoms with E-state index >= 15 is 0 Å². The summed E-state index contributed by atoms with van der Waals surface area (Å²) in [5, 5.41) is 4.54. The number of rotatable bonds is 5. The van der Waals surface area contributed by atoms with Crippen molar-refractivity contribution >= 4 is 17.5 Å². The van der Waals surface area contributed by atoms with Crippen LogP contribution >= 0.6 is 0 Å². The van der Waals surface area contributed by atoms with Gasteiger partial charge in [0.15, 0.2) is 0 Å². The van der Waals surface area contributed by atoms with Gasteiger partial charge in [-0.1, -0.05) is 24.3 Å². The number of hydrogen-bond donors (Lipinski definition) is 0. The first-order valence-electron chi connectivity index (χ1n) is 11.9. The number of methoxy groups -OCH3 is 1. The first-order valence-corrected chi connectivity index (χ1v) is 11.9. The second kappa shape index (κ2) is 9.40. The smallest absolute Gasteiger partial charge is 0.350 e. The number of likely N-dealkylation sites (tertiary alicyclic amines) is 1. The van der Waals surface area contributed by atoms with E-state index < -0.39 is 5.92 Å². The molecule has 0 aliphatic carbocycles. The van der Waals surface area contributed by atoms with Crippen molar-refractivity contribution in [3.8, 4) is 11.4 Å². The first kappa shape index (κ1) is 22.9. The maximum absolute atomic E-state index is 13.5. The van der Waals surface area contributed by atoms with Gasteiger partial charge in [-0.25, -0.2) is 14.0 Å². The molecule has 1 aromatic heterocycles. The lowest BCUT2D eigenvalue weighted by Crippen LogP contribution is -2.43. The predicted octanol–water partition coefficient (Wildman–Crippen LogP) is 2.34. The minimum atomic E-state index is -0.396.